The van der Waals surface area contributed by atoms with Crippen LogP contribution in [0.2, 0.25) is 10.0 Å². The van der Waals surface area contributed by atoms with Crippen LogP contribution in [0.25, 0.3) is 10.8 Å². The second-order valence-electron chi connectivity index (χ2n) is 8.39. The lowest BCUT2D eigenvalue weighted by molar-refractivity contribution is 0.1000. The Kier molecular flexibility index (Phi) is 10.9. The van der Waals surface area contributed by atoms with Crippen LogP contribution >= 0.6 is 23.2 Å². The second kappa shape index (κ2) is 14.4. The van der Waals surface area contributed by atoms with Crippen LogP contribution in [0, 0.1) is 5.41 Å². The smallest absolute Gasteiger partial charge is 0.248 e. The number of hydrogen-bond donors (Lipinski definition) is 5. The van der Waals surface area contributed by atoms with Crippen molar-refractivity contribution in [2.45, 2.75) is 12.5 Å². The number of carbonyl (C=O) groups excluding carboxylic acids is 1. The van der Waals surface area contributed by atoms with Crippen molar-refractivity contribution < 1.29 is 19.7 Å². The average molecular weight is 554 g/mol. The number of halogens is 2. The van der Waals surface area contributed by atoms with Crippen LogP contribution in [0.5, 0.6) is 11.5 Å². The third-order valence-corrected chi connectivity index (χ3v) is 6.27. The van der Waals surface area contributed by atoms with Gasteiger partial charge in [-0.3, -0.25) is 4.79 Å². The average Bonchev–Trinajstić information content (AvgIpc) is 2.93. The highest BCUT2D eigenvalue weighted by Crippen LogP contribution is 2.27. The van der Waals surface area contributed by atoms with Gasteiger partial charge in [-0.15, -0.1) is 0 Å². The van der Waals surface area contributed by atoms with E-state index in [1.54, 1.807) is 0 Å². The molecule has 0 saturated heterocycles. The number of rotatable bonds is 10. The summed E-state index contributed by atoms with van der Waals surface area (Å²) in [5, 5.41) is 32.3. The normalized spacial score (nSPS) is 11.3. The highest BCUT2D eigenvalue weighted by molar-refractivity contribution is 6.32. The van der Waals surface area contributed by atoms with E-state index in [-0.39, 0.29) is 29.0 Å². The zero-order valence-electron chi connectivity index (χ0n) is 20.5. The molecule has 0 radical (unpaired) electrons. The largest absolute Gasteiger partial charge is 0.506 e. The SMILES string of the molecule is N=Cc1ccc(OCCNC(CO)Cc2ccc(Cl)cc2)c2ccccc12.NC(=O)c1ccc(O)c(Cl)c1. The van der Waals surface area contributed by atoms with Gasteiger partial charge in [-0.2, -0.15) is 0 Å². The van der Waals surface area contributed by atoms with Gasteiger partial charge >= 0.3 is 0 Å². The first-order chi connectivity index (χ1) is 18.3. The van der Waals surface area contributed by atoms with Gasteiger partial charge in [-0.05, 0) is 59.8 Å². The standard InChI is InChI=1S/C22H23ClN2O2.C7H6ClNO2/c23-18-8-5-16(6-9-18)13-19(15-26)25-11-12-27-22-10-7-17(14-24)20-3-1-2-4-21(20)22;8-5-3-4(7(9)11)1-2-6(5)10/h1-10,14,19,24-26H,11-13,15H2;1-3,10H,(H2,9,11). The molecule has 0 aliphatic heterocycles. The maximum Gasteiger partial charge on any atom is 0.248 e. The molecule has 7 nitrogen and oxygen atoms in total. The number of aliphatic hydroxyl groups excluding tert-OH is 1. The van der Waals surface area contributed by atoms with E-state index in [0.717, 1.165) is 34.1 Å². The Morgan fingerprint density at radius 1 is 1.03 bits per heavy atom. The molecule has 6 N–H and O–H groups in total. The van der Waals surface area contributed by atoms with Gasteiger partial charge in [0.1, 0.15) is 18.1 Å². The summed E-state index contributed by atoms with van der Waals surface area (Å²) >= 11 is 11.4. The van der Waals surface area contributed by atoms with Gasteiger partial charge in [0.25, 0.3) is 0 Å². The highest BCUT2D eigenvalue weighted by Gasteiger charge is 2.09. The van der Waals surface area contributed by atoms with Gasteiger partial charge < -0.3 is 31.4 Å². The minimum Gasteiger partial charge on any atom is -0.506 e. The van der Waals surface area contributed by atoms with Gasteiger partial charge in [0, 0.05) is 40.3 Å². The topological polar surface area (TPSA) is 129 Å². The number of benzene rings is 4. The Bertz CT molecular complexity index is 1380. The highest BCUT2D eigenvalue weighted by atomic mass is 35.5. The molecule has 0 aromatic heterocycles. The summed E-state index contributed by atoms with van der Waals surface area (Å²) in [6, 6.07) is 23.4. The van der Waals surface area contributed by atoms with Crippen molar-refractivity contribution in [2.75, 3.05) is 19.8 Å². The van der Waals surface area contributed by atoms with Gasteiger partial charge in [0.15, 0.2) is 0 Å². The van der Waals surface area contributed by atoms with Gasteiger partial charge in [-0.1, -0.05) is 59.6 Å². The molecule has 1 unspecified atom stereocenters. The fourth-order valence-corrected chi connectivity index (χ4v) is 4.04. The van der Waals surface area contributed by atoms with E-state index >= 15 is 0 Å². The minimum atomic E-state index is -0.563. The number of aromatic hydroxyl groups is 1. The summed E-state index contributed by atoms with van der Waals surface area (Å²) in [5.74, 6) is 0.180. The number of amides is 1. The Labute approximate surface area is 231 Å². The quantitative estimate of drug-likeness (QED) is 0.136. The number of nitrogens with one attached hydrogen (secondary N) is 2. The Morgan fingerprint density at radius 3 is 2.37 bits per heavy atom. The molecule has 0 spiro atoms. The molecule has 1 amide bonds. The number of aliphatic hydroxyl groups is 1. The van der Waals surface area contributed by atoms with E-state index in [0.29, 0.717) is 18.2 Å². The summed E-state index contributed by atoms with van der Waals surface area (Å²) in [7, 11) is 0. The monoisotopic (exact) mass is 553 g/mol. The zero-order chi connectivity index (χ0) is 27.5. The number of carbonyl (C=O) groups is 1. The molecule has 0 bridgehead atoms. The van der Waals surface area contributed by atoms with Crippen molar-refractivity contribution in [1.29, 1.82) is 5.41 Å². The number of primary amides is 1. The van der Waals surface area contributed by atoms with Crippen molar-refractivity contribution in [3.63, 3.8) is 0 Å². The predicted octanol–water partition coefficient (Wildman–Crippen LogP) is 5.21. The van der Waals surface area contributed by atoms with Crippen molar-refractivity contribution in [3.05, 3.63) is 106 Å². The number of hydrogen-bond acceptors (Lipinski definition) is 6. The van der Waals surface area contributed by atoms with E-state index in [1.807, 2.05) is 60.7 Å². The van der Waals surface area contributed by atoms with Crippen LogP contribution in [0.3, 0.4) is 0 Å². The summed E-state index contributed by atoms with van der Waals surface area (Å²) in [6.45, 7) is 1.17. The van der Waals surface area contributed by atoms with Crippen molar-refractivity contribution >= 4 is 46.1 Å². The number of fused-ring (bicyclic) bond motifs is 1. The molecule has 198 valence electrons. The van der Waals surface area contributed by atoms with E-state index in [2.05, 4.69) is 5.32 Å². The fraction of sp³-hybridized carbons (Fsp3) is 0.172. The van der Waals surface area contributed by atoms with Gasteiger partial charge in [0.05, 0.1) is 11.6 Å². The Hall–Kier alpha value is -3.62. The minimum absolute atomic E-state index is 0.0354. The van der Waals surface area contributed by atoms with Crippen LogP contribution in [-0.4, -0.2) is 48.1 Å². The first-order valence-electron chi connectivity index (χ1n) is 11.8. The molecule has 4 aromatic rings. The van der Waals surface area contributed by atoms with E-state index < -0.39 is 5.91 Å². The third kappa shape index (κ3) is 8.19. The lowest BCUT2D eigenvalue weighted by Gasteiger charge is -2.17. The second-order valence-corrected chi connectivity index (χ2v) is 9.23. The Balaban J connectivity index is 0.000000304. The number of phenols is 1. The summed E-state index contributed by atoms with van der Waals surface area (Å²) < 4.78 is 5.94. The molecule has 0 saturated carbocycles. The molecule has 4 aromatic carbocycles. The van der Waals surface area contributed by atoms with Crippen LogP contribution in [-0.2, 0) is 6.42 Å². The molecular weight excluding hydrogens is 525 g/mol. The Morgan fingerprint density at radius 2 is 1.74 bits per heavy atom. The maximum absolute atomic E-state index is 10.5. The molecule has 0 fully saturated rings. The lowest BCUT2D eigenvalue weighted by atomic mass is 10.0. The van der Waals surface area contributed by atoms with Crippen LogP contribution in [0.4, 0.5) is 0 Å². The molecular formula is C29H29Cl2N3O4. The molecule has 38 heavy (non-hydrogen) atoms. The maximum atomic E-state index is 10.5. The molecule has 4 rings (SSSR count). The third-order valence-electron chi connectivity index (χ3n) is 5.71. The number of ether oxygens (including phenoxy) is 1. The molecule has 9 heteroatoms. The lowest BCUT2D eigenvalue weighted by Crippen LogP contribution is -2.37. The summed E-state index contributed by atoms with van der Waals surface area (Å²) in [4.78, 5) is 10.5. The van der Waals surface area contributed by atoms with E-state index in [9.17, 15) is 9.90 Å². The molecule has 0 aliphatic carbocycles. The number of nitrogens with two attached hydrogens (primary N) is 1. The molecule has 0 aliphatic rings. The first kappa shape index (κ1) is 28.9. The predicted molar refractivity (Wildman–Crippen MR) is 153 cm³/mol. The fourth-order valence-electron chi connectivity index (χ4n) is 3.74. The summed E-state index contributed by atoms with van der Waals surface area (Å²) in [5.41, 5.74) is 7.24. The van der Waals surface area contributed by atoms with Crippen LogP contribution in [0.15, 0.2) is 78.9 Å². The van der Waals surface area contributed by atoms with Crippen molar-refractivity contribution in [3.8, 4) is 11.5 Å². The molecule has 0 heterocycles. The first-order valence-corrected chi connectivity index (χ1v) is 12.6. The van der Waals surface area contributed by atoms with Crippen molar-refractivity contribution in [1.82, 2.24) is 5.32 Å². The van der Waals surface area contributed by atoms with Gasteiger partial charge in [0.2, 0.25) is 5.91 Å². The molecule has 1 atom stereocenters. The summed E-state index contributed by atoms with van der Waals surface area (Å²) in [6.07, 6.45) is 2.08. The van der Waals surface area contributed by atoms with Crippen molar-refractivity contribution in [2.24, 2.45) is 5.73 Å². The van der Waals surface area contributed by atoms with Gasteiger partial charge in [-0.25, -0.2) is 0 Å². The van der Waals surface area contributed by atoms with Crippen LogP contribution < -0.4 is 15.8 Å². The van der Waals surface area contributed by atoms with Crippen LogP contribution in [0.1, 0.15) is 21.5 Å². The number of phenolic OH excluding ortho intramolecular Hbond substituents is 1. The zero-order valence-corrected chi connectivity index (χ0v) is 22.0. The van der Waals surface area contributed by atoms with E-state index in [4.69, 9.17) is 44.2 Å². The van der Waals surface area contributed by atoms with E-state index in [1.165, 1.54) is 24.4 Å².